The number of aromatic nitrogens is 2. The Balaban J connectivity index is 2.28. The number of fused-ring (bicyclic) bond motifs is 1. The van der Waals surface area contributed by atoms with Crippen LogP contribution in [0.15, 0.2) is 30.6 Å². The van der Waals surface area contributed by atoms with Gasteiger partial charge in [-0.2, -0.15) is 0 Å². The number of carbonyl (C=O) groups excluding carboxylic acids is 1. The zero-order valence-corrected chi connectivity index (χ0v) is 12.1. The van der Waals surface area contributed by atoms with Crippen molar-refractivity contribution in [2.45, 2.75) is 38.8 Å². The third kappa shape index (κ3) is 2.77. The van der Waals surface area contributed by atoms with Crippen LogP contribution in [0.25, 0.3) is 11.0 Å². The molecular formula is C15H19N3O2. The van der Waals surface area contributed by atoms with E-state index in [0.29, 0.717) is 11.1 Å². The lowest BCUT2D eigenvalue weighted by Gasteiger charge is -2.38. The summed E-state index contributed by atoms with van der Waals surface area (Å²) in [6.07, 6.45) is 3.20. The third-order valence-corrected chi connectivity index (χ3v) is 3.69. The van der Waals surface area contributed by atoms with E-state index in [1.54, 1.807) is 58.3 Å². The van der Waals surface area contributed by atoms with Crippen LogP contribution in [0.3, 0.4) is 0 Å². The lowest BCUT2D eigenvalue weighted by atomic mass is 9.85. The van der Waals surface area contributed by atoms with E-state index in [9.17, 15) is 9.90 Å². The maximum absolute atomic E-state index is 12.3. The summed E-state index contributed by atoms with van der Waals surface area (Å²) in [6.45, 7) is 6.90. The summed E-state index contributed by atoms with van der Waals surface area (Å²) in [5.74, 6) is -0.246. The maximum Gasteiger partial charge on any atom is 0.251 e. The Hall–Kier alpha value is -2.01. The van der Waals surface area contributed by atoms with E-state index < -0.39 is 11.1 Å². The maximum atomic E-state index is 12.3. The molecule has 0 radical (unpaired) electrons. The summed E-state index contributed by atoms with van der Waals surface area (Å²) in [7, 11) is 0. The molecule has 5 nitrogen and oxygen atoms in total. The van der Waals surface area contributed by atoms with Crippen molar-refractivity contribution in [2.75, 3.05) is 0 Å². The molecule has 20 heavy (non-hydrogen) atoms. The fourth-order valence-corrected chi connectivity index (χ4v) is 1.61. The first-order valence-corrected chi connectivity index (χ1v) is 6.46. The second kappa shape index (κ2) is 4.83. The van der Waals surface area contributed by atoms with Gasteiger partial charge in [-0.15, -0.1) is 0 Å². The van der Waals surface area contributed by atoms with Crippen LogP contribution >= 0.6 is 0 Å². The summed E-state index contributed by atoms with van der Waals surface area (Å²) >= 11 is 0. The number of benzene rings is 1. The van der Waals surface area contributed by atoms with E-state index in [1.165, 1.54) is 0 Å². The van der Waals surface area contributed by atoms with Gasteiger partial charge in [0.2, 0.25) is 0 Å². The summed E-state index contributed by atoms with van der Waals surface area (Å²) in [4.78, 5) is 20.6. The molecule has 0 aliphatic rings. The number of nitrogens with zero attached hydrogens (tertiary/aromatic N) is 2. The number of hydrogen-bond acceptors (Lipinski definition) is 4. The topological polar surface area (TPSA) is 75.1 Å². The highest BCUT2D eigenvalue weighted by molar-refractivity contribution is 5.97. The highest BCUT2D eigenvalue weighted by atomic mass is 16.3. The van der Waals surface area contributed by atoms with E-state index in [1.807, 2.05) is 0 Å². The number of nitrogens with one attached hydrogen (secondary N) is 1. The molecule has 0 bridgehead atoms. The monoisotopic (exact) mass is 273 g/mol. The lowest BCUT2D eigenvalue weighted by Crippen LogP contribution is -2.57. The molecule has 5 heteroatoms. The normalized spacial score (nSPS) is 12.4. The standard InChI is InChI=1S/C15H19N3O2/c1-14(2,15(3,4)20)18-13(19)10-5-6-11-12(9-10)17-8-7-16-11/h5-9,20H,1-4H3,(H,18,19). The van der Waals surface area contributed by atoms with Gasteiger partial charge < -0.3 is 10.4 Å². The molecule has 1 heterocycles. The number of hydrogen-bond donors (Lipinski definition) is 2. The van der Waals surface area contributed by atoms with Crippen molar-refractivity contribution in [3.8, 4) is 0 Å². The Morgan fingerprint density at radius 2 is 1.70 bits per heavy atom. The first-order valence-electron chi connectivity index (χ1n) is 6.46. The molecule has 2 N–H and O–H groups in total. The molecule has 0 saturated heterocycles. The van der Waals surface area contributed by atoms with Crippen LogP contribution < -0.4 is 5.32 Å². The van der Waals surface area contributed by atoms with E-state index in [-0.39, 0.29) is 5.91 Å². The fourth-order valence-electron chi connectivity index (χ4n) is 1.61. The summed E-state index contributed by atoms with van der Waals surface area (Å²) in [5, 5.41) is 12.9. The Bertz CT molecular complexity index is 645. The van der Waals surface area contributed by atoms with Gasteiger partial charge in [-0.3, -0.25) is 14.8 Å². The van der Waals surface area contributed by atoms with Crippen LogP contribution in [0.4, 0.5) is 0 Å². The van der Waals surface area contributed by atoms with Gasteiger partial charge in [0.1, 0.15) is 0 Å². The number of aliphatic hydroxyl groups is 1. The van der Waals surface area contributed by atoms with Crippen molar-refractivity contribution in [1.29, 1.82) is 0 Å². The highest BCUT2D eigenvalue weighted by Gasteiger charge is 2.36. The predicted octanol–water partition coefficient (Wildman–Crippen LogP) is 1.91. The average Bonchev–Trinajstić information content (AvgIpc) is 2.36. The first kappa shape index (κ1) is 14.4. The Labute approximate surface area is 118 Å². The van der Waals surface area contributed by atoms with Crippen molar-refractivity contribution >= 4 is 16.9 Å². The van der Waals surface area contributed by atoms with E-state index in [2.05, 4.69) is 15.3 Å². The van der Waals surface area contributed by atoms with Gasteiger partial charge in [-0.05, 0) is 45.9 Å². The molecule has 0 atom stereocenters. The number of rotatable bonds is 3. The van der Waals surface area contributed by atoms with Gasteiger partial charge in [0.15, 0.2) is 0 Å². The van der Waals surface area contributed by atoms with E-state index >= 15 is 0 Å². The smallest absolute Gasteiger partial charge is 0.251 e. The minimum Gasteiger partial charge on any atom is -0.388 e. The summed E-state index contributed by atoms with van der Waals surface area (Å²) < 4.78 is 0. The van der Waals surface area contributed by atoms with Crippen molar-refractivity contribution < 1.29 is 9.90 Å². The molecule has 2 rings (SSSR count). The molecule has 1 aromatic carbocycles. The van der Waals surface area contributed by atoms with Gasteiger partial charge in [-0.25, -0.2) is 0 Å². The lowest BCUT2D eigenvalue weighted by molar-refractivity contribution is -0.00292. The van der Waals surface area contributed by atoms with Crippen LogP contribution in [0.1, 0.15) is 38.1 Å². The van der Waals surface area contributed by atoms with Gasteiger partial charge in [0.05, 0.1) is 22.2 Å². The molecule has 0 fully saturated rings. The molecule has 0 unspecified atom stereocenters. The molecule has 1 amide bonds. The molecule has 0 spiro atoms. The fraction of sp³-hybridized carbons (Fsp3) is 0.400. The zero-order valence-electron chi connectivity index (χ0n) is 12.1. The second-order valence-corrected chi connectivity index (χ2v) is 5.90. The second-order valence-electron chi connectivity index (χ2n) is 5.90. The Morgan fingerprint density at radius 1 is 1.10 bits per heavy atom. The van der Waals surface area contributed by atoms with Crippen LogP contribution in [-0.4, -0.2) is 32.1 Å². The molecule has 0 saturated carbocycles. The third-order valence-electron chi connectivity index (χ3n) is 3.69. The Kier molecular flexibility index (Phi) is 3.48. The van der Waals surface area contributed by atoms with Crippen LogP contribution in [-0.2, 0) is 0 Å². The molecular weight excluding hydrogens is 254 g/mol. The van der Waals surface area contributed by atoms with Crippen molar-refractivity contribution in [1.82, 2.24) is 15.3 Å². The minimum atomic E-state index is -1.03. The highest BCUT2D eigenvalue weighted by Crippen LogP contribution is 2.21. The molecule has 0 aliphatic heterocycles. The van der Waals surface area contributed by atoms with Crippen LogP contribution in [0.5, 0.6) is 0 Å². The number of amides is 1. The molecule has 2 aromatic rings. The predicted molar refractivity (Wildman–Crippen MR) is 77.4 cm³/mol. The van der Waals surface area contributed by atoms with Crippen LogP contribution in [0.2, 0.25) is 0 Å². The Morgan fingerprint density at radius 3 is 2.30 bits per heavy atom. The van der Waals surface area contributed by atoms with Gasteiger partial charge in [0.25, 0.3) is 5.91 Å². The van der Waals surface area contributed by atoms with Gasteiger partial charge in [-0.1, -0.05) is 0 Å². The van der Waals surface area contributed by atoms with Crippen molar-refractivity contribution in [3.05, 3.63) is 36.2 Å². The molecule has 0 aliphatic carbocycles. The van der Waals surface area contributed by atoms with Crippen molar-refractivity contribution in [2.24, 2.45) is 0 Å². The SMILES string of the molecule is CC(C)(O)C(C)(C)NC(=O)c1ccc2nccnc2c1. The van der Waals surface area contributed by atoms with Crippen molar-refractivity contribution in [3.63, 3.8) is 0 Å². The zero-order chi connectivity index (χ0) is 15.0. The quantitative estimate of drug-likeness (QED) is 0.895. The first-order chi connectivity index (χ1) is 9.21. The summed E-state index contributed by atoms with van der Waals surface area (Å²) in [6, 6.07) is 5.15. The number of carbonyl (C=O) groups is 1. The van der Waals surface area contributed by atoms with Gasteiger partial charge >= 0.3 is 0 Å². The average molecular weight is 273 g/mol. The molecule has 106 valence electrons. The molecule has 1 aromatic heterocycles. The van der Waals surface area contributed by atoms with E-state index in [4.69, 9.17) is 0 Å². The summed E-state index contributed by atoms with van der Waals surface area (Å²) in [5.41, 5.74) is 0.128. The van der Waals surface area contributed by atoms with Crippen LogP contribution in [0, 0.1) is 0 Å². The largest absolute Gasteiger partial charge is 0.388 e. The van der Waals surface area contributed by atoms with E-state index in [0.717, 1.165) is 5.52 Å². The minimum absolute atomic E-state index is 0.246. The van der Waals surface area contributed by atoms with Gasteiger partial charge in [0, 0.05) is 18.0 Å².